The highest BCUT2D eigenvalue weighted by molar-refractivity contribution is 7.07. The van der Waals surface area contributed by atoms with Gasteiger partial charge in [-0.3, -0.25) is 9.59 Å². The van der Waals surface area contributed by atoms with Crippen molar-refractivity contribution in [2.45, 2.75) is 31.8 Å². The van der Waals surface area contributed by atoms with Crippen LogP contribution in [0.4, 0.5) is 0 Å². The van der Waals surface area contributed by atoms with E-state index in [1.165, 1.54) is 5.56 Å². The quantitative estimate of drug-likeness (QED) is 0.843. The predicted octanol–water partition coefficient (Wildman–Crippen LogP) is 3.23. The summed E-state index contributed by atoms with van der Waals surface area (Å²) in [6.07, 6.45) is 3.38. The largest absolute Gasteiger partial charge is 0.345 e. The molecular formula is C22H27N3O2S. The average Bonchev–Trinajstić information content (AvgIpc) is 3.14. The first-order chi connectivity index (χ1) is 13.5. The summed E-state index contributed by atoms with van der Waals surface area (Å²) < 4.78 is 0. The fraction of sp³-hybridized carbons (Fsp3) is 0.455. The number of thiophene rings is 1. The first kappa shape index (κ1) is 19.2. The van der Waals surface area contributed by atoms with Gasteiger partial charge in [-0.15, -0.1) is 0 Å². The number of nitrogens with one attached hydrogen (secondary N) is 1. The summed E-state index contributed by atoms with van der Waals surface area (Å²) in [5, 5.41) is 7.62. The second-order valence-electron chi connectivity index (χ2n) is 8.17. The summed E-state index contributed by atoms with van der Waals surface area (Å²) in [7, 11) is 3.46. The van der Waals surface area contributed by atoms with Crippen LogP contribution in [0.1, 0.15) is 45.5 Å². The summed E-state index contributed by atoms with van der Waals surface area (Å²) in [4.78, 5) is 29.1. The zero-order valence-electron chi connectivity index (χ0n) is 16.5. The fourth-order valence-corrected chi connectivity index (χ4v) is 4.97. The zero-order valence-corrected chi connectivity index (χ0v) is 17.3. The molecule has 1 spiro atoms. The Hall–Kier alpha value is -2.18. The van der Waals surface area contributed by atoms with Crippen molar-refractivity contribution >= 4 is 23.2 Å². The second-order valence-corrected chi connectivity index (χ2v) is 8.95. The van der Waals surface area contributed by atoms with Crippen LogP contribution in [-0.4, -0.2) is 54.8 Å². The molecule has 1 aliphatic heterocycles. The van der Waals surface area contributed by atoms with E-state index < -0.39 is 0 Å². The van der Waals surface area contributed by atoms with E-state index in [1.807, 2.05) is 0 Å². The molecule has 0 bridgehead atoms. The minimum atomic E-state index is -0.0509. The molecule has 4 rings (SSSR count). The third-order valence-electron chi connectivity index (χ3n) is 6.10. The molecular weight excluding hydrogens is 370 g/mol. The van der Waals surface area contributed by atoms with E-state index in [0.717, 1.165) is 32.4 Å². The Kier molecular flexibility index (Phi) is 5.25. The summed E-state index contributed by atoms with van der Waals surface area (Å²) in [5.41, 5.74) is 2.74. The van der Waals surface area contributed by atoms with Gasteiger partial charge in [-0.25, -0.2) is 0 Å². The first-order valence-corrected chi connectivity index (χ1v) is 10.8. The molecule has 1 saturated heterocycles. The van der Waals surface area contributed by atoms with E-state index in [-0.39, 0.29) is 17.2 Å². The molecule has 1 aromatic carbocycles. The molecule has 2 fully saturated rings. The minimum Gasteiger partial charge on any atom is -0.345 e. The van der Waals surface area contributed by atoms with Crippen LogP contribution in [0.15, 0.2) is 41.1 Å². The van der Waals surface area contributed by atoms with Gasteiger partial charge in [0.15, 0.2) is 0 Å². The average molecular weight is 398 g/mol. The highest BCUT2D eigenvalue weighted by Crippen LogP contribution is 2.56. The second kappa shape index (κ2) is 7.68. The van der Waals surface area contributed by atoms with Crippen molar-refractivity contribution in [2.24, 2.45) is 5.41 Å². The maximum atomic E-state index is 13.4. The van der Waals surface area contributed by atoms with Gasteiger partial charge in [0.1, 0.15) is 0 Å². The number of nitrogens with zero attached hydrogens (tertiary/aromatic N) is 2. The number of rotatable bonds is 5. The molecule has 148 valence electrons. The first-order valence-electron chi connectivity index (χ1n) is 9.85. The molecule has 1 aliphatic carbocycles. The Balaban J connectivity index is 1.56. The van der Waals surface area contributed by atoms with Crippen molar-refractivity contribution < 1.29 is 9.59 Å². The van der Waals surface area contributed by atoms with Crippen LogP contribution in [0.2, 0.25) is 0 Å². The third-order valence-corrected chi connectivity index (χ3v) is 6.83. The normalized spacial score (nSPS) is 20.0. The lowest BCUT2D eigenvalue weighted by atomic mass is 9.93. The molecule has 1 N–H and O–H groups in total. The van der Waals surface area contributed by atoms with Gasteiger partial charge in [-0.05, 0) is 84.4 Å². The monoisotopic (exact) mass is 397 g/mol. The lowest BCUT2D eigenvalue weighted by Gasteiger charge is -2.29. The van der Waals surface area contributed by atoms with Gasteiger partial charge in [0.25, 0.3) is 11.8 Å². The standard InChI is InChI=1S/C22H27N3O2S/c1-24(2)20(26)17-3-5-18(6-4-17)21(27)25(14-16-7-12-28-15-16)19-13-22(19)8-10-23-11-9-22/h3-7,12,15,19,23H,8-11,13-14H2,1-2H3. The van der Waals surface area contributed by atoms with E-state index in [9.17, 15) is 9.59 Å². The summed E-state index contributed by atoms with van der Waals surface area (Å²) in [6, 6.07) is 9.50. The van der Waals surface area contributed by atoms with Gasteiger partial charge in [-0.1, -0.05) is 0 Å². The molecule has 2 aromatic rings. The number of hydrogen-bond acceptors (Lipinski definition) is 4. The van der Waals surface area contributed by atoms with E-state index in [0.29, 0.717) is 23.7 Å². The van der Waals surface area contributed by atoms with Gasteiger partial charge in [0.2, 0.25) is 0 Å². The zero-order chi connectivity index (χ0) is 19.7. The molecule has 5 nitrogen and oxygen atoms in total. The van der Waals surface area contributed by atoms with Crippen molar-refractivity contribution in [1.82, 2.24) is 15.1 Å². The van der Waals surface area contributed by atoms with Crippen LogP contribution in [0, 0.1) is 5.41 Å². The molecule has 1 unspecified atom stereocenters. The van der Waals surface area contributed by atoms with E-state index >= 15 is 0 Å². The summed E-state index contributed by atoms with van der Waals surface area (Å²) >= 11 is 1.67. The molecule has 2 amide bonds. The molecule has 6 heteroatoms. The van der Waals surface area contributed by atoms with Crippen LogP contribution < -0.4 is 5.32 Å². The fourth-order valence-electron chi connectivity index (χ4n) is 4.31. The van der Waals surface area contributed by atoms with Crippen LogP contribution in [0.5, 0.6) is 0 Å². The number of amides is 2. The van der Waals surface area contributed by atoms with Crippen LogP contribution >= 0.6 is 11.3 Å². The van der Waals surface area contributed by atoms with Crippen LogP contribution in [0.25, 0.3) is 0 Å². The van der Waals surface area contributed by atoms with Crippen molar-refractivity contribution in [1.29, 1.82) is 0 Å². The summed E-state index contributed by atoms with van der Waals surface area (Å²) in [6.45, 7) is 2.73. The molecule has 1 aromatic heterocycles. The maximum Gasteiger partial charge on any atom is 0.254 e. The Morgan fingerprint density at radius 3 is 2.29 bits per heavy atom. The SMILES string of the molecule is CN(C)C(=O)c1ccc(C(=O)N(Cc2ccsc2)C2CC23CCNCC3)cc1. The van der Waals surface area contributed by atoms with Gasteiger partial charge in [0, 0.05) is 37.8 Å². The van der Waals surface area contributed by atoms with Gasteiger partial charge < -0.3 is 15.1 Å². The highest BCUT2D eigenvalue weighted by atomic mass is 32.1. The molecule has 1 saturated carbocycles. The van der Waals surface area contributed by atoms with Crippen LogP contribution in [-0.2, 0) is 6.54 Å². The number of carbonyl (C=O) groups excluding carboxylic acids is 2. The lowest BCUT2D eigenvalue weighted by Crippen LogP contribution is -2.39. The van der Waals surface area contributed by atoms with Gasteiger partial charge in [-0.2, -0.15) is 11.3 Å². The number of hydrogen-bond donors (Lipinski definition) is 1. The van der Waals surface area contributed by atoms with Crippen molar-refractivity contribution in [3.8, 4) is 0 Å². The Labute approximate surface area is 170 Å². The highest BCUT2D eigenvalue weighted by Gasteiger charge is 2.57. The Bertz CT molecular complexity index is 839. The van der Waals surface area contributed by atoms with E-state index in [4.69, 9.17) is 0 Å². The number of carbonyl (C=O) groups is 2. The third kappa shape index (κ3) is 3.71. The molecule has 1 atom stereocenters. The Morgan fingerprint density at radius 2 is 1.71 bits per heavy atom. The van der Waals surface area contributed by atoms with Crippen LogP contribution in [0.3, 0.4) is 0 Å². The maximum absolute atomic E-state index is 13.4. The van der Waals surface area contributed by atoms with Gasteiger partial charge in [0.05, 0.1) is 0 Å². The Morgan fingerprint density at radius 1 is 1.07 bits per heavy atom. The van der Waals surface area contributed by atoms with E-state index in [1.54, 1.807) is 54.6 Å². The van der Waals surface area contributed by atoms with E-state index in [2.05, 4.69) is 27.0 Å². The topological polar surface area (TPSA) is 52.7 Å². The number of piperidine rings is 1. The molecule has 2 heterocycles. The molecule has 2 aliphatic rings. The minimum absolute atomic E-state index is 0.0509. The lowest BCUT2D eigenvalue weighted by molar-refractivity contribution is 0.0691. The molecule has 28 heavy (non-hydrogen) atoms. The number of benzene rings is 1. The van der Waals surface area contributed by atoms with Gasteiger partial charge >= 0.3 is 0 Å². The predicted molar refractivity (Wildman–Crippen MR) is 112 cm³/mol. The van der Waals surface area contributed by atoms with Crippen molar-refractivity contribution in [3.63, 3.8) is 0 Å². The van der Waals surface area contributed by atoms with Crippen molar-refractivity contribution in [3.05, 3.63) is 57.8 Å². The van der Waals surface area contributed by atoms with Crippen molar-refractivity contribution in [2.75, 3.05) is 27.2 Å². The molecule has 0 radical (unpaired) electrons. The summed E-state index contributed by atoms with van der Waals surface area (Å²) in [5.74, 6) is 0.0143. The smallest absolute Gasteiger partial charge is 0.254 e.